The summed E-state index contributed by atoms with van der Waals surface area (Å²) in [5.41, 5.74) is 5.32. The molecule has 1 aromatic heterocycles. The Labute approximate surface area is 81.9 Å². The molecule has 0 aliphatic carbocycles. The molecule has 0 saturated heterocycles. The Balaban J connectivity index is 3.08. The van der Waals surface area contributed by atoms with Gasteiger partial charge in [0.15, 0.2) is 14.9 Å². The summed E-state index contributed by atoms with van der Waals surface area (Å²) in [6.45, 7) is 0. The van der Waals surface area contributed by atoms with Crippen molar-refractivity contribution in [2.24, 2.45) is 5.73 Å². The topological polar surface area (TPSA) is 90.1 Å². The first-order chi connectivity index (χ1) is 6.39. The van der Waals surface area contributed by atoms with Gasteiger partial charge in [-0.05, 0) is 12.1 Å². The van der Waals surface area contributed by atoms with E-state index in [0.717, 1.165) is 6.26 Å². The van der Waals surface area contributed by atoms with Crippen molar-refractivity contribution in [1.82, 2.24) is 4.98 Å². The minimum absolute atomic E-state index is 0.0451. The van der Waals surface area contributed by atoms with E-state index in [1.807, 2.05) is 0 Å². The first-order valence-corrected chi connectivity index (χ1v) is 5.73. The van der Waals surface area contributed by atoms with Gasteiger partial charge in [0, 0.05) is 6.26 Å². The standard InChI is InChI=1S/C8H10N2O3S/c1-14(12,13)8-4-2-3-6(10-8)5-7(9)11/h2-4H,5H2,1H3,(H2,9,11). The maximum absolute atomic E-state index is 11.1. The zero-order valence-electron chi connectivity index (χ0n) is 7.60. The van der Waals surface area contributed by atoms with Crippen LogP contribution in [0.1, 0.15) is 5.69 Å². The Morgan fingerprint density at radius 3 is 2.64 bits per heavy atom. The van der Waals surface area contributed by atoms with Crippen LogP contribution in [0.4, 0.5) is 0 Å². The van der Waals surface area contributed by atoms with E-state index in [0.29, 0.717) is 5.69 Å². The number of amides is 1. The molecule has 0 saturated carbocycles. The van der Waals surface area contributed by atoms with Gasteiger partial charge in [0.2, 0.25) is 5.91 Å². The van der Waals surface area contributed by atoms with Crippen molar-refractivity contribution in [3.8, 4) is 0 Å². The number of carbonyl (C=O) groups excluding carboxylic acids is 1. The second-order valence-corrected chi connectivity index (χ2v) is 4.85. The molecule has 14 heavy (non-hydrogen) atoms. The summed E-state index contributed by atoms with van der Waals surface area (Å²) < 4.78 is 22.2. The van der Waals surface area contributed by atoms with E-state index in [4.69, 9.17) is 5.73 Å². The number of carbonyl (C=O) groups is 1. The monoisotopic (exact) mass is 214 g/mol. The van der Waals surface area contributed by atoms with Crippen molar-refractivity contribution in [2.45, 2.75) is 11.4 Å². The predicted molar refractivity (Wildman–Crippen MR) is 50.2 cm³/mol. The molecule has 0 unspecified atom stereocenters. The van der Waals surface area contributed by atoms with Crippen LogP contribution in [-0.2, 0) is 21.1 Å². The molecule has 1 aromatic rings. The third kappa shape index (κ3) is 2.81. The fraction of sp³-hybridized carbons (Fsp3) is 0.250. The average molecular weight is 214 g/mol. The van der Waals surface area contributed by atoms with Crippen LogP contribution in [0, 0.1) is 0 Å². The molecule has 76 valence electrons. The van der Waals surface area contributed by atoms with Crippen molar-refractivity contribution in [1.29, 1.82) is 0 Å². The van der Waals surface area contributed by atoms with Crippen molar-refractivity contribution in [3.05, 3.63) is 23.9 Å². The number of hydrogen-bond donors (Lipinski definition) is 1. The number of pyridine rings is 1. The lowest BCUT2D eigenvalue weighted by Crippen LogP contribution is -2.15. The Kier molecular flexibility index (Phi) is 2.85. The van der Waals surface area contributed by atoms with Gasteiger partial charge >= 0.3 is 0 Å². The molecule has 0 spiro atoms. The molecule has 6 heteroatoms. The van der Waals surface area contributed by atoms with Gasteiger partial charge in [-0.2, -0.15) is 0 Å². The van der Waals surface area contributed by atoms with Crippen molar-refractivity contribution in [2.75, 3.05) is 6.26 Å². The Morgan fingerprint density at radius 1 is 1.50 bits per heavy atom. The second-order valence-electron chi connectivity index (χ2n) is 2.88. The molecule has 2 N–H and O–H groups in total. The SMILES string of the molecule is CS(=O)(=O)c1cccc(CC(N)=O)n1. The average Bonchev–Trinajstić information content (AvgIpc) is 2.01. The van der Waals surface area contributed by atoms with Gasteiger partial charge in [-0.25, -0.2) is 13.4 Å². The van der Waals surface area contributed by atoms with Gasteiger partial charge in [-0.1, -0.05) is 6.07 Å². The quantitative estimate of drug-likeness (QED) is 0.735. The lowest BCUT2D eigenvalue weighted by molar-refractivity contribution is -0.117. The van der Waals surface area contributed by atoms with E-state index in [1.165, 1.54) is 12.1 Å². The molecule has 0 bridgehead atoms. The number of hydrogen-bond acceptors (Lipinski definition) is 4. The highest BCUT2D eigenvalue weighted by molar-refractivity contribution is 7.90. The van der Waals surface area contributed by atoms with Crippen LogP contribution in [0.25, 0.3) is 0 Å². The molecular weight excluding hydrogens is 204 g/mol. The van der Waals surface area contributed by atoms with Crippen molar-refractivity contribution >= 4 is 15.7 Å². The highest BCUT2D eigenvalue weighted by atomic mass is 32.2. The Morgan fingerprint density at radius 2 is 2.14 bits per heavy atom. The number of primary amides is 1. The number of nitrogens with two attached hydrogens (primary N) is 1. The summed E-state index contributed by atoms with van der Waals surface area (Å²) in [5, 5.41) is -0.0451. The number of aromatic nitrogens is 1. The minimum Gasteiger partial charge on any atom is -0.369 e. The van der Waals surface area contributed by atoms with E-state index in [9.17, 15) is 13.2 Å². The van der Waals surface area contributed by atoms with Crippen LogP contribution in [0.5, 0.6) is 0 Å². The van der Waals surface area contributed by atoms with Crippen LogP contribution >= 0.6 is 0 Å². The molecule has 0 aromatic carbocycles. The minimum atomic E-state index is -3.32. The first-order valence-electron chi connectivity index (χ1n) is 3.84. The largest absolute Gasteiger partial charge is 0.369 e. The third-order valence-electron chi connectivity index (χ3n) is 1.52. The molecular formula is C8H10N2O3S. The molecule has 1 rings (SSSR count). The molecule has 0 radical (unpaired) electrons. The maximum atomic E-state index is 11.1. The Bertz CT molecular complexity index is 453. The third-order valence-corrected chi connectivity index (χ3v) is 2.50. The predicted octanol–water partition coefficient (Wildman–Crippen LogP) is -0.487. The van der Waals surface area contributed by atoms with Crippen LogP contribution in [-0.4, -0.2) is 25.6 Å². The highest BCUT2D eigenvalue weighted by Crippen LogP contribution is 2.06. The summed E-state index contributed by atoms with van der Waals surface area (Å²) in [7, 11) is -3.32. The fourth-order valence-electron chi connectivity index (χ4n) is 0.941. The summed E-state index contributed by atoms with van der Waals surface area (Å²) in [4.78, 5) is 14.4. The van der Waals surface area contributed by atoms with Crippen LogP contribution in [0.15, 0.2) is 23.2 Å². The van der Waals surface area contributed by atoms with Crippen LogP contribution in [0.2, 0.25) is 0 Å². The lowest BCUT2D eigenvalue weighted by atomic mass is 10.3. The van der Waals surface area contributed by atoms with E-state index in [1.54, 1.807) is 6.07 Å². The molecule has 1 amide bonds. The first kappa shape index (κ1) is 10.6. The second kappa shape index (κ2) is 3.75. The molecule has 0 fully saturated rings. The van der Waals surface area contributed by atoms with Gasteiger partial charge < -0.3 is 5.73 Å². The van der Waals surface area contributed by atoms with E-state index in [-0.39, 0.29) is 11.4 Å². The van der Waals surface area contributed by atoms with Gasteiger partial charge in [0.1, 0.15) is 0 Å². The van der Waals surface area contributed by atoms with Gasteiger partial charge in [-0.15, -0.1) is 0 Å². The summed E-state index contributed by atoms with van der Waals surface area (Å²) in [6, 6.07) is 4.46. The lowest BCUT2D eigenvalue weighted by Gasteiger charge is -2.00. The Hall–Kier alpha value is -1.43. The maximum Gasteiger partial charge on any atom is 0.223 e. The summed E-state index contributed by atoms with van der Waals surface area (Å²) >= 11 is 0. The molecule has 1 heterocycles. The van der Waals surface area contributed by atoms with E-state index < -0.39 is 15.7 Å². The molecule has 5 nitrogen and oxygen atoms in total. The number of rotatable bonds is 3. The molecule has 0 aliphatic rings. The smallest absolute Gasteiger partial charge is 0.223 e. The highest BCUT2D eigenvalue weighted by Gasteiger charge is 2.09. The number of nitrogens with zero attached hydrogens (tertiary/aromatic N) is 1. The summed E-state index contributed by atoms with van der Waals surface area (Å²) in [6.07, 6.45) is 1.01. The molecule has 0 atom stereocenters. The van der Waals surface area contributed by atoms with E-state index >= 15 is 0 Å². The van der Waals surface area contributed by atoms with Gasteiger partial charge in [0.05, 0.1) is 12.1 Å². The summed E-state index contributed by atoms with van der Waals surface area (Å²) in [5.74, 6) is -0.539. The molecule has 0 aliphatic heterocycles. The number of sulfone groups is 1. The van der Waals surface area contributed by atoms with Gasteiger partial charge in [-0.3, -0.25) is 4.79 Å². The normalized spacial score (nSPS) is 11.2. The van der Waals surface area contributed by atoms with Gasteiger partial charge in [0.25, 0.3) is 0 Å². The van der Waals surface area contributed by atoms with E-state index in [2.05, 4.69) is 4.98 Å². The fourth-order valence-corrected chi connectivity index (χ4v) is 1.55. The van der Waals surface area contributed by atoms with Crippen LogP contribution < -0.4 is 5.73 Å². The van der Waals surface area contributed by atoms with Crippen molar-refractivity contribution < 1.29 is 13.2 Å². The zero-order chi connectivity index (χ0) is 10.8. The van der Waals surface area contributed by atoms with Crippen LogP contribution in [0.3, 0.4) is 0 Å². The van der Waals surface area contributed by atoms with Crippen molar-refractivity contribution in [3.63, 3.8) is 0 Å². The zero-order valence-corrected chi connectivity index (χ0v) is 8.41.